The fourth-order valence-electron chi connectivity index (χ4n) is 10.4. The van der Waals surface area contributed by atoms with Crippen molar-refractivity contribution in [1.82, 2.24) is 0 Å². The van der Waals surface area contributed by atoms with E-state index in [1.165, 1.54) is 76.8 Å². The molecule has 0 bridgehead atoms. The lowest BCUT2D eigenvalue weighted by atomic mass is 9.82. The molecule has 308 valence electrons. The zero-order valence-electron chi connectivity index (χ0n) is 36.5. The molecule has 0 spiro atoms. The molecule has 0 saturated heterocycles. The molecular weight excluding hydrogens is 785 g/mol. The molecule has 11 aromatic rings. The van der Waals surface area contributed by atoms with Gasteiger partial charge in [0.05, 0.1) is 17.1 Å². The zero-order valence-corrected chi connectivity index (χ0v) is 36.5. The topological polar surface area (TPSA) is 6.48 Å². The molecule has 11 aromatic carbocycles. The Morgan fingerprint density at radius 3 is 1.43 bits per heavy atom. The molecule has 0 heterocycles. The fourth-order valence-corrected chi connectivity index (χ4v) is 10.4. The summed E-state index contributed by atoms with van der Waals surface area (Å²) in [6.45, 7) is 4.72. The molecule has 0 saturated carbocycles. The van der Waals surface area contributed by atoms with E-state index in [-0.39, 0.29) is 5.41 Å². The summed E-state index contributed by atoms with van der Waals surface area (Å²) in [6, 6.07) is 88.9. The smallest absolute Gasteiger partial charge is 0.0540 e. The SMILES string of the molecule is CC1(C)c2ccccc2-c2ccc(N(c3ccc(-c4ccc(N(c5ccc(-c6ccccc6)cc5)c5cccc6ccccc56)c5ccccc45)cc3)c3cccc4ccccc34)cc21. The van der Waals surface area contributed by atoms with Crippen molar-refractivity contribution in [2.24, 2.45) is 0 Å². The van der Waals surface area contributed by atoms with Crippen molar-refractivity contribution >= 4 is 66.4 Å². The lowest BCUT2D eigenvalue weighted by molar-refractivity contribution is 0.660. The summed E-state index contributed by atoms with van der Waals surface area (Å²) in [5, 5.41) is 7.25. The number of fused-ring (bicyclic) bond motifs is 6. The van der Waals surface area contributed by atoms with Crippen molar-refractivity contribution in [1.29, 1.82) is 0 Å². The highest BCUT2D eigenvalue weighted by Gasteiger charge is 2.36. The van der Waals surface area contributed by atoms with Crippen LogP contribution in [0.1, 0.15) is 25.0 Å². The summed E-state index contributed by atoms with van der Waals surface area (Å²) < 4.78 is 0. The molecule has 0 radical (unpaired) electrons. The van der Waals surface area contributed by atoms with Gasteiger partial charge in [-0.05, 0) is 115 Å². The van der Waals surface area contributed by atoms with E-state index in [1.54, 1.807) is 0 Å². The van der Waals surface area contributed by atoms with E-state index in [2.05, 4.69) is 266 Å². The zero-order chi connectivity index (χ0) is 43.5. The monoisotopic (exact) mass is 830 g/mol. The number of anilines is 6. The van der Waals surface area contributed by atoms with Gasteiger partial charge in [-0.1, -0.05) is 202 Å². The Kier molecular flexibility index (Phi) is 9.21. The maximum absolute atomic E-state index is 2.44. The van der Waals surface area contributed by atoms with E-state index in [9.17, 15) is 0 Å². The van der Waals surface area contributed by atoms with Crippen LogP contribution in [0, 0.1) is 0 Å². The molecule has 0 unspecified atom stereocenters. The van der Waals surface area contributed by atoms with Crippen LogP contribution < -0.4 is 9.80 Å². The van der Waals surface area contributed by atoms with Crippen LogP contribution in [0.5, 0.6) is 0 Å². The number of nitrogens with zero attached hydrogens (tertiary/aromatic N) is 2. The molecule has 2 heteroatoms. The first kappa shape index (κ1) is 38.5. The Balaban J connectivity index is 0.981. The van der Waals surface area contributed by atoms with Gasteiger partial charge < -0.3 is 9.80 Å². The van der Waals surface area contributed by atoms with E-state index >= 15 is 0 Å². The first-order chi connectivity index (χ1) is 32.0. The van der Waals surface area contributed by atoms with Gasteiger partial charge in [0.2, 0.25) is 0 Å². The minimum atomic E-state index is -0.113. The summed E-state index contributed by atoms with van der Waals surface area (Å²) in [5.41, 5.74) is 16.8. The van der Waals surface area contributed by atoms with E-state index in [0.29, 0.717) is 0 Å². The van der Waals surface area contributed by atoms with E-state index in [4.69, 9.17) is 0 Å². The van der Waals surface area contributed by atoms with Crippen molar-refractivity contribution in [3.05, 3.63) is 254 Å². The normalized spacial score (nSPS) is 12.6. The summed E-state index contributed by atoms with van der Waals surface area (Å²) in [6.07, 6.45) is 0. The van der Waals surface area contributed by atoms with Gasteiger partial charge in [-0.15, -0.1) is 0 Å². The molecule has 65 heavy (non-hydrogen) atoms. The van der Waals surface area contributed by atoms with Crippen LogP contribution in [0.3, 0.4) is 0 Å². The standard InChI is InChI=1S/C63H46N2/c1-63(2)58-27-13-12-25-55(58)56-39-38-50(42-59(56)63)64(60-28-14-20-45-18-6-8-22-52(45)60)48-36-32-47(33-37-48)51-40-41-62(57-26-11-10-24-54(51)57)65(61-29-15-21-46-19-7-9-23-53(46)61)49-34-30-44(31-35-49)43-16-4-3-5-17-43/h3-42H,1-2H3. The third-order valence-corrected chi connectivity index (χ3v) is 13.7. The Bertz CT molecular complexity index is 3560. The first-order valence-electron chi connectivity index (χ1n) is 22.6. The van der Waals surface area contributed by atoms with E-state index < -0.39 is 0 Å². The third-order valence-electron chi connectivity index (χ3n) is 13.7. The Hall–Kier alpha value is -8.20. The number of benzene rings is 11. The number of rotatable bonds is 8. The van der Waals surface area contributed by atoms with Crippen LogP contribution in [-0.4, -0.2) is 0 Å². The van der Waals surface area contributed by atoms with Gasteiger partial charge >= 0.3 is 0 Å². The molecule has 0 aromatic heterocycles. The van der Waals surface area contributed by atoms with Gasteiger partial charge in [-0.25, -0.2) is 0 Å². The minimum absolute atomic E-state index is 0.113. The quantitative estimate of drug-likeness (QED) is 0.151. The van der Waals surface area contributed by atoms with Gasteiger partial charge in [0.25, 0.3) is 0 Å². The van der Waals surface area contributed by atoms with Gasteiger partial charge in [-0.3, -0.25) is 0 Å². The van der Waals surface area contributed by atoms with Gasteiger partial charge in [0.1, 0.15) is 0 Å². The summed E-state index contributed by atoms with van der Waals surface area (Å²) in [7, 11) is 0. The second-order valence-corrected chi connectivity index (χ2v) is 17.7. The number of hydrogen-bond acceptors (Lipinski definition) is 2. The van der Waals surface area contributed by atoms with Crippen molar-refractivity contribution in [2.45, 2.75) is 19.3 Å². The molecular formula is C63H46N2. The Morgan fingerprint density at radius 2 is 0.738 bits per heavy atom. The van der Waals surface area contributed by atoms with Crippen LogP contribution >= 0.6 is 0 Å². The van der Waals surface area contributed by atoms with Crippen molar-refractivity contribution in [3.63, 3.8) is 0 Å². The lowest BCUT2D eigenvalue weighted by Crippen LogP contribution is -2.16. The lowest BCUT2D eigenvalue weighted by Gasteiger charge is -2.29. The second-order valence-electron chi connectivity index (χ2n) is 17.7. The van der Waals surface area contributed by atoms with Crippen LogP contribution in [0.25, 0.3) is 65.7 Å². The highest BCUT2D eigenvalue weighted by atomic mass is 15.1. The molecule has 0 fully saturated rings. The molecule has 0 amide bonds. The maximum atomic E-state index is 2.44. The molecule has 12 rings (SSSR count). The van der Waals surface area contributed by atoms with E-state index in [0.717, 1.165) is 34.1 Å². The fraction of sp³-hybridized carbons (Fsp3) is 0.0476. The van der Waals surface area contributed by atoms with Crippen LogP contribution in [0.15, 0.2) is 243 Å². The predicted octanol–water partition coefficient (Wildman–Crippen LogP) is 17.7. The molecule has 0 N–H and O–H groups in total. The second kappa shape index (κ2) is 15.6. The largest absolute Gasteiger partial charge is 0.310 e. The summed E-state index contributed by atoms with van der Waals surface area (Å²) >= 11 is 0. The third kappa shape index (κ3) is 6.49. The van der Waals surface area contributed by atoms with Crippen molar-refractivity contribution in [3.8, 4) is 33.4 Å². The average Bonchev–Trinajstić information content (AvgIpc) is 3.60. The van der Waals surface area contributed by atoms with Crippen molar-refractivity contribution in [2.75, 3.05) is 9.80 Å². The maximum Gasteiger partial charge on any atom is 0.0540 e. The molecule has 1 aliphatic carbocycles. The van der Waals surface area contributed by atoms with Gasteiger partial charge in [0.15, 0.2) is 0 Å². The minimum Gasteiger partial charge on any atom is -0.310 e. The molecule has 0 atom stereocenters. The number of hydrogen-bond donors (Lipinski definition) is 0. The van der Waals surface area contributed by atoms with E-state index in [1.807, 2.05) is 0 Å². The van der Waals surface area contributed by atoms with Crippen LogP contribution in [0.4, 0.5) is 34.1 Å². The highest BCUT2D eigenvalue weighted by molar-refractivity contribution is 6.09. The van der Waals surface area contributed by atoms with Gasteiger partial charge in [-0.2, -0.15) is 0 Å². The predicted molar refractivity (Wildman–Crippen MR) is 277 cm³/mol. The van der Waals surface area contributed by atoms with Crippen molar-refractivity contribution < 1.29 is 0 Å². The van der Waals surface area contributed by atoms with Gasteiger partial charge in [0, 0.05) is 38.6 Å². The molecule has 0 aliphatic heterocycles. The van der Waals surface area contributed by atoms with Crippen LogP contribution in [0.2, 0.25) is 0 Å². The Labute approximate surface area is 380 Å². The first-order valence-corrected chi connectivity index (χ1v) is 22.6. The highest BCUT2D eigenvalue weighted by Crippen LogP contribution is 2.51. The summed E-state index contributed by atoms with van der Waals surface area (Å²) in [5.74, 6) is 0. The molecule has 2 nitrogen and oxygen atoms in total. The Morgan fingerprint density at radius 1 is 0.277 bits per heavy atom. The van der Waals surface area contributed by atoms with Crippen LogP contribution in [-0.2, 0) is 5.41 Å². The molecule has 1 aliphatic rings. The average molecular weight is 831 g/mol. The summed E-state index contributed by atoms with van der Waals surface area (Å²) in [4.78, 5) is 4.88.